The van der Waals surface area contributed by atoms with Crippen LogP contribution in [-0.4, -0.2) is 138 Å². The molecular weight excluding hydrogens is 694 g/mol. The molecule has 1 aromatic rings. The van der Waals surface area contributed by atoms with Crippen molar-refractivity contribution >= 4 is 45.7 Å². The van der Waals surface area contributed by atoms with Crippen LogP contribution in [-0.2, 0) is 59.7 Å². The molecule has 20 nitrogen and oxygen atoms in total. The van der Waals surface area contributed by atoms with Gasteiger partial charge in [-0.05, 0) is 12.1 Å². The van der Waals surface area contributed by atoms with E-state index >= 15 is 0 Å². The van der Waals surface area contributed by atoms with E-state index in [1.807, 2.05) is 0 Å². The van der Waals surface area contributed by atoms with Gasteiger partial charge in [-0.3, -0.25) is 33.4 Å². The molecule has 276 valence electrons. The third-order valence-corrected chi connectivity index (χ3v) is 7.70. The SMILES string of the molecule is CC(=O)OCc1ccc(O[C@@H]2O[C@H](C(=O)O)C[C@H](O)C2O)cc1OCCOCCNC(=O)[C@H](CS(=O)(=O)O)NC(=O)CCN1C(=O)C=CC1=O. The number of carboxylic acid groups (broad SMARTS) is 1. The first-order valence-electron chi connectivity index (χ1n) is 15.0. The van der Waals surface area contributed by atoms with Gasteiger partial charge in [0.1, 0.15) is 42.6 Å². The van der Waals surface area contributed by atoms with Crippen LogP contribution in [0.1, 0.15) is 25.3 Å². The molecule has 0 radical (unpaired) electrons. The molecular formula is C29H37N3O17S. The lowest BCUT2D eigenvalue weighted by Gasteiger charge is -2.35. The van der Waals surface area contributed by atoms with Crippen molar-refractivity contribution in [2.75, 3.05) is 38.7 Å². The van der Waals surface area contributed by atoms with E-state index in [0.717, 1.165) is 17.1 Å². The zero-order valence-corrected chi connectivity index (χ0v) is 27.4. The highest BCUT2D eigenvalue weighted by Gasteiger charge is 2.41. The molecule has 1 unspecified atom stereocenters. The third kappa shape index (κ3) is 12.7. The summed E-state index contributed by atoms with van der Waals surface area (Å²) in [5.74, 6) is -5.94. The minimum absolute atomic E-state index is 0.0547. The number of nitrogens with zero attached hydrogens (tertiary/aromatic N) is 1. The number of carboxylic acids is 1. The van der Waals surface area contributed by atoms with Gasteiger partial charge in [0.25, 0.3) is 21.9 Å². The zero-order valence-electron chi connectivity index (χ0n) is 26.6. The van der Waals surface area contributed by atoms with E-state index in [9.17, 15) is 57.1 Å². The Bertz CT molecular complexity index is 1550. The van der Waals surface area contributed by atoms with Crippen molar-refractivity contribution in [3.05, 3.63) is 35.9 Å². The molecule has 3 rings (SSSR count). The van der Waals surface area contributed by atoms with Crippen LogP contribution in [0.4, 0.5) is 0 Å². The minimum atomic E-state index is -4.71. The van der Waals surface area contributed by atoms with Crippen LogP contribution < -0.4 is 20.1 Å². The Morgan fingerprint density at radius 1 is 1.08 bits per heavy atom. The predicted molar refractivity (Wildman–Crippen MR) is 164 cm³/mol. The number of rotatable bonds is 19. The van der Waals surface area contributed by atoms with Crippen LogP contribution >= 0.6 is 0 Å². The number of nitrogens with one attached hydrogen (secondary N) is 2. The fourth-order valence-electron chi connectivity index (χ4n) is 4.48. The molecule has 4 amide bonds. The zero-order chi connectivity index (χ0) is 37.0. The van der Waals surface area contributed by atoms with E-state index in [2.05, 4.69) is 10.6 Å². The van der Waals surface area contributed by atoms with Crippen LogP contribution in [0.2, 0.25) is 0 Å². The minimum Gasteiger partial charge on any atom is -0.491 e. The second kappa shape index (κ2) is 18.4. The van der Waals surface area contributed by atoms with Gasteiger partial charge in [-0.15, -0.1) is 0 Å². The largest absolute Gasteiger partial charge is 0.491 e. The van der Waals surface area contributed by atoms with Crippen molar-refractivity contribution in [1.82, 2.24) is 15.5 Å². The monoisotopic (exact) mass is 731 g/mol. The Balaban J connectivity index is 1.49. The standard InChI is InChI=1S/C29H37N3O17S/c1-16(33)47-14-17-2-3-18(48-29-26(38)20(34)13-22(49-29)28(40)41)12-21(17)46-11-10-45-9-7-30-27(39)19(15-50(42,43)44)31-23(35)6-8-32-24(36)4-5-25(32)37/h2-5,12,19-20,22,26,29,34,38H,6-11,13-15H2,1H3,(H,30,39)(H,31,35)(H,40,41)(H,42,43,44)/t19-,20-,22-,26?,29+/m0/s1. The lowest BCUT2D eigenvalue weighted by molar-refractivity contribution is -0.238. The van der Waals surface area contributed by atoms with Gasteiger partial charge in [-0.25, -0.2) is 4.79 Å². The lowest BCUT2D eigenvalue weighted by Crippen LogP contribution is -2.52. The molecule has 0 aliphatic carbocycles. The average molecular weight is 732 g/mol. The topological polar surface area (TPSA) is 291 Å². The molecule has 1 saturated heterocycles. The smallest absolute Gasteiger partial charge is 0.333 e. The number of imide groups is 1. The van der Waals surface area contributed by atoms with Gasteiger partial charge in [0, 0.05) is 56.6 Å². The number of ether oxygens (including phenoxy) is 5. The number of aliphatic hydroxyl groups excluding tert-OH is 2. The maximum absolute atomic E-state index is 12.6. The van der Waals surface area contributed by atoms with Gasteiger partial charge in [0.2, 0.25) is 18.1 Å². The van der Waals surface area contributed by atoms with E-state index < -0.39 is 88.5 Å². The highest BCUT2D eigenvalue weighted by molar-refractivity contribution is 7.85. The number of esters is 1. The van der Waals surface area contributed by atoms with Crippen molar-refractivity contribution in [1.29, 1.82) is 0 Å². The van der Waals surface area contributed by atoms with E-state index in [-0.39, 0.29) is 57.4 Å². The van der Waals surface area contributed by atoms with E-state index in [0.29, 0.717) is 5.56 Å². The first-order chi connectivity index (χ1) is 23.5. The maximum Gasteiger partial charge on any atom is 0.333 e. The maximum atomic E-state index is 12.6. The van der Waals surface area contributed by atoms with Crippen LogP contribution in [0.3, 0.4) is 0 Å². The molecule has 21 heteroatoms. The van der Waals surface area contributed by atoms with Gasteiger partial charge in [-0.1, -0.05) is 0 Å². The van der Waals surface area contributed by atoms with Crippen LogP contribution in [0, 0.1) is 0 Å². The van der Waals surface area contributed by atoms with E-state index in [1.54, 1.807) is 0 Å². The molecule has 1 fully saturated rings. The second-order valence-corrected chi connectivity index (χ2v) is 12.3. The van der Waals surface area contributed by atoms with Crippen molar-refractivity contribution in [3.8, 4) is 11.5 Å². The summed E-state index contributed by atoms with van der Waals surface area (Å²) in [4.78, 5) is 71.6. The normalized spacial score (nSPS) is 21.0. The Kier molecular flexibility index (Phi) is 14.6. The molecule has 50 heavy (non-hydrogen) atoms. The molecule has 5 atom stereocenters. The summed E-state index contributed by atoms with van der Waals surface area (Å²) in [6.07, 6.45) is -4.66. The third-order valence-electron chi connectivity index (χ3n) is 6.95. The number of benzene rings is 1. The molecule has 6 N–H and O–H groups in total. The summed E-state index contributed by atoms with van der Waals surface area (Å²) in [6, 6.07) is 2.55. The Morgan fingerprint density at radius 2 is 1.78 bits per heavy atom. The molecule has 2 aliphatic rings. The number of amides is 4. The lowest BCUT2D eigenvalue weighted by atomic mass is 10.0. The van der Waals surface area contributed by atoms with Crippen molar-refractivity contribution in [2.24, 2.45) is 0 Å². The van der Waals surface area contributed by atoms with Gasteiger partial charge in [-0.2, -0.15) is 8.42 Å². The molecule has 0 spiro atoms. The Labute approximate surface area is 285 Å². The number of hydrogen-bond donors (Lipinski definition) is 6. The number of aliphatic carboxylic acids is 1. The van der Waals surface area contributed by atoms with Gasteiger partial charge in [0.15, 0.2) is 6.10 Å². The van der Waals surface area contributed by atoms with E-state index in [1.165, 1.54) is 25.1 Å². The molecule has 0 bridgehead atoms. The summed E-state index contributed by atoms with van der Waals surface area (Å²) < 4.78 is 59.1. The van der Waals surface area contributed by atoms with Crippen LogP contribution in [0.15, 0.2) is 30.4 Å². The summed E-state index contributed by atoms with van der Waals surface area (Å²) in [5.41, 5.74) is 0.399. The fourth-order valence-corrected chi connectivity index (χ4v) is 5.13. The molecule has 0 saturated carbocycles. The van der Waals surface area contributed by atoms with Crippen LogP contribution in [0.25, 0.3) is 0 Å². The molecule has 1 aromatic carbocycles. The molecule has 2 heterocycles. The van der Waals surface area contributed by atoms with Crippen molar-refractivity contribution in [2.45, 2.75) is 57.0 Å². The quantitative estimate of drug-likeness (QED) is 0.0364. The highest BCUT2D eigenvalue weighted by atomic mass is 32.2. The summed E-state index contributed by atoms with van der Waals surface area (Å²) in [7, 11) is -4.71. The van der Waals surface area contributed by atoms with Crippen LogP contribution in [0.5, 0.6) is 11.5 Å². The Hall–Kier alpha value is -4.67. The van der Waals surface area contributed by atoms with Crippen molar-refractivity contribution in [3.63, 3.8) is 0 Å². The number of aliphatic hydroxyl groups is 2. The van der Waals surface area contributed by atoms with Gasteiger partial charge < -0.3 is 49.6 Å². The first kappa shape index (κ1) is 39.8. The molecule has 0 aromatic heterocycles. The number of carbonyl (C=O) groups is 6. The summed E-state index contributed by atoms with van der Waals surface area (Å²) >= 11 is 0. The summed E-state index contributed by atoms with van der Waals surface area (Å²) in [6.45, 7) is 0.284. The summed E-state index contributed by atoms with van der Waals surface area (Å²) in [5, 5.41) is 34.0. The number of hydrogen-bond acceptors (Lipinski definition) is 15. The number of carbonyl (C=O) groups excluding carboxylic acids is 5. The van der Waals surface area contributed by atoms with Crippen molar-refractivity contribution < 1.29 is 80.7 Å². The first-order valence-corrected chi connectivity index (χ1v) is 16.6. The fraction of sp³-hybridized carbons (Fsp3) is 0.517. The molecule has 2 aliphatic heterocycles. The average Bonchev–Trinajstić information content (AvgIpc) is 3.36. The predicted octanol–water partition coefficient (Wildman–Crippen LogP) is -2.75. The Morgan fingerprint density at radius 3 is 2.42 bits per heavy atom. The van der Waals surface area contributed by atoms with E-state index in [4.69, 9.17) is 23.7 Å². The highest BCUT2D eigenvalue weighted by Crippen LogP contribution is 2.29. The second-order valence-electron chi connectivity index (χ2n) is 10.8. The van der Waals surface area contributed by atoms with Gasteiger partial charge >= 0.3 is 11.9 Å². The van der Waals surface area contributed by atoms with Gasteiger partial charge in [0.05, 0.1) is 19.3 Å².